The second kappa shape index (κ2) is 2.41. The number of fused-ring (bicyclic) bond motifs is 1. The molecule has 1 heterocycles. The van der Waals surface area contributed by atoms with E-state index in [4.69, 9.17) is 0 Å². The fraction of sp³-hybridized carbons (Fsp3) is 0.400. The van der Waals surface area contributed by atoms with Crippen LogP contribution in [0.1, 0.15) is 25.3 Å². The summed E-state index contributed by atoms with van der Waals surface area (Å²) in [5.74, 6) is 0.818. The minimum Gasteiger partial charge on any atom is -0.508 e. The summed E-state index contributed by atoms with van der Waals surface area (Å²) in [6, 6.07) is 6.05. The average molecular weight is 163 g/mol. The summed E-state index contributed by atoms with van der Waals surface area (Å²) in [7, 11) is 0. The van der Waals surface area contributed by atoms with Gasteiger partial charge in [-0.1, -0.05) is 13.0 Å². The van der Waals surface area contributed by atoms with Crippen molar-refractivity contribution >= 4 is 5.69 Å². The SMILES string of the molecule is CC1Nc2cccc(O)c2C1C. The predicted octanol–water partition coefficient (Wildman–Crippen LogP) is 2.31. The van der Waals surface area contributed by atoms with Crippen LogP contribution in [0.25, 0.3) is 0 Å². The van der Waals surface area contributed by atoms with Crippen LogP contribution in [0.15, 0.2) is 18.2 Å². The normalized spacial score (nSPS) is 26.5. The lowest BCUT2D eigenvalue weighted by Crippen LogP contribution is -2.12. The number of rotatable bonds is 0. The highest BCUT2D eigenvalue weighted by molar-refractivity contribution is 5.63. The topological polar surface area (TPSA) is 32.3 Å². The Labute approximate surface area is 72.2 Å². The molecular formula is C10H13NO. The molecule has 1 aliphatic rings. The maximum atomic E-state index is 9.58. The molecule has 0 aliphatic carbocycles. The standard InChI is InChI=1S/C10H13NO/c1-6-7(2)11-8-4-3-5-9(12)10(6)8/h3-7,11-12H,1-2H3. The Morgan fingerprint density at radius 3 is 2.75 bits per heavy atom. The fourth-order valence-corrected chi connectivity index (χ4v) is 1.78. The average Bonchev–Trinajstić information content (AvgIpc) is 2.29. The molecule has 0 fully saturated rings. The first-order chi connectivity index (χ1) is 5.70. The van der Waals surface area contributed by atoms with Gasteiger partial charge in [0.15, 0.2) is 0 Å². The summed E-state index contributed by atoms with van der Waals surface area (Å²) < 4.78 is 0. The number of anilines is 1. The van der Waals surface area contributed by atoms with Crippen molar-refractivity contribution in [1.29, 1.82) is 0 Å². The highest BCUT2D eigenvalue weighted by atomic mass is 16.3. The van der Waals surface area contributed by atoms with Crippen molar-refractivity contribution in [3.8, 4) is 5.75 Å². The summed E-state index contributed by atoms with van der Waals surface area (Å²) in [6.07, 6.45) is 0. The lowest BCUT2D eigenvalue weighted by molar-refractivity contribution is 0.464. The van der Waals surface area contributed by atoms with Gasteiger partial charge in [0.1, 0.15) is 5.75 Å². The van der Waals surface area contributed by atoms with E-state index >= 15 is 0 Å². The minimum absolute atomic E-state index is 0.404. The maximum Gasteiger partial charge on any atom is 0.121 e. The molecule has 2 atom stereocenters. The lowest BCUT2D eigenvalue weighted by atomic mass is 9.98. The number of nitrogens with one attached hydrogen (secondary N) is 1. The van der Waals surface area contributed by atoms with Crippen LogP contribution in [0.5, 0.6) is 5.75 Å². The van der Waals surface area contributed by atoms with Crippen molar-refractivity contribution in [2.45, 2.75) is 25.8 Å². The highest BCUT2D eigenvalue weighted by Crippen LogP contribution is 2.40. The zero-order valence-corrected chi connectivity index (χ0v) is 7.33. The van der Waals surface area contributed by atoms with Gasteiger partial charge >= 0.3 is 0 Å². The number of phenols is 1. The smallest absolute Gasteiger partial charge is 0.121 e. The second-order valence-corrected chi connectivity index (χ2v) is 3.46. The zero-order valence-electron chi connectivity index (χ0n) is 7.33. The largest absolute Gasteiger partial charge is 0.508 e. The van der Waals surface area contributed by atoms with E-state index in [9.17, 15) is 5.11 Å². The molecule has 1 aromatic rings. The molecule has 2 unspecified atom stereocenters. The van der Waals surface area contributed by atoms with Crippen LogP contribution in [-0.2, 0) is 0 Å². The first-order valence-electron chi connectivity index (χ1n) is 4.28. The van der Waals surface area contributed by atoms with Crippen molar-refractivity contribution in [3.63, 3.8) is 0 Å². The maximum absolute atomic E-state index is 9.58. The van der Waals surface area contributed by atoms with Crippen LogP contribution in [0.4, 0.5) is 5.69 Å². The Morgan fingerprint density at radius 1 is 1.33 bits per heavy atom. The summed E-state index contributed by atoms with van der Waals surface area (Å²) in [4.78, 5) is 0. The number of phenolic OH excluding ortho intramolecular Hbond substituents is 1. The van der Waals surface area contributed by atoms with Crippen molar-refractivity contribution in [3.05, 3.63) is 23.8 Å². The molecule has 1 aromatic carbocycles. The highest BCUT2D eigenvalue weighted by Gasteiger charge is 2.27. The van der Waals surface area contributed by atoms with Crippen molar-refractivity contribution < 1.29 is 5.11 Å². The Morgan fingerprint density at radius 2 is 2.08 bits per heavy atom. The summed E-state index contributed by atoms with van der Waals surface area (Å²) in [6.45, 7) is 4.26. The molecule has 2 rings (SSSR count). The van der Waals surface area contributed by atoms with E-state index in [1.165, 1.54) is 0 Å². The molecule has 1 aliphatic heterocycles. The number of benzene rings is 1. The van der Waals surface area contributed by atoms with Gasteiger partial charge in [0, 0.05) is 23.2 Å². The van der Waals surface area contributed by atoms with E-state index < -0.39 is 0 Å². The van der Waals surface area contributed by atoms with Crippen LogP contribution in [0.3, 0.4) is 0 Å². The van der Waals surface area contributed by atoms with Gasteiger partial charge < -0.3 is 10.4 Å². The van der Waals surface area contributed by atoms with Gasteiger partial charge in [0.2, 0.25) is 0 Å². The Bertz CT molecular complexity index is 309. The van der Waals surface area contributed by atoms with E-state index in [1.807, 2.05) is 12.1 Å². The summed E-state index contributed by atoms with van der Waals surface area (Å²) in [5.41, 5.74) is 2.14. The van der Waals surface area contributed by atoms with Crippen molar-refractivity contribution in [1.82, 2.24) is 0 Å². The third kappa shape index (κ3) is 0.876. The molecule has 0 spiro atoms. The minimum atomic E-state index is 0.404. The molecule has 0 aromatic heterocycles. The van der Waals surface area contributed by atoms with E-state index in [0.29, 0.717) is 17.7 Å². The van der Waals surface area contributed by atoms with Crippen LogP contribution in [-0.4, -0.2) is 11.1 Å². The lowest BCUT2D eigenvalue weighted by Gasteiger charge is -2.09. The van der Waals surface area contributed by atoms with Crippen LogP contribution in [0.2, 0.25) is 0 Å². The molecule has 0 amide bonds. The van der Waals surface area contributed by atoms with Gasteiger partial charge in [-0.2, -0.15) is 0 Å². The Hall–Kier alpha value is -1.18. The number of hydrogen-bond donors (Lipinski definition) is 2. The monoisotopic (exact) mass is 163 g/mol. The van der Waals surface area contributed by atoms with Crippen LogP contribution >= 0.6 is 0 Å². The Kier molecular flexibility index (Phi) is 1.50. The van der Waals surface area contributed by atoms with Gasteiger partial charge in [-0.3, -0.25) is 0 Å². The van der Waals surface area contributed by atoms with Crippen LogP contribution in [0, 0.1) is 0 Å². The molecule has 2 nitrogen and oxygen atoms in total. The molecule has 0 bridgehead atoms. The van der Waals surface area contributed by atoms with Gasteiger partial charge in [0.25, 0.3) is 0 Å². The summed E-state index contributed by atoms with van der Waals surface area (Å²) >= 11 is 0. The van der Waals surface area contributed by atoms with E-state index in [0.717, 1.165) is 11.3 Å². The number of hydrogen-bond acceptors (Lipinski definition) is 2. The number of aromatic hydroxyl groups is 1. The Balaban J connectivity index is 2.55. The molecule has 12 heavy (non-hydrogen) atoms. The van der Waals surface area contributed by atoms with Gasteiger partial charge in [0.05, 0.1) is 0 Å². The van der Waals surface area contributed by atoms with Crippen molar-refractivity contribution in [2.24, 2.45) is 0 Å². The molecule has 64 valence electrons. The van der Waals surface area contributed by atoms with Crippen molar-refractivity contribution in [2.75, 3.05) is 5.32 Å². The molecular weight excluding hydrogens is 150 g/mol. The first kappa shape index (κ1) is 7.47. The van der Waals surface area contributed by atoms with E-state index in [1.54, 1.807) is 6.07 Å². The van der Waals surface area contributed by atoms with Gasteiger partial charge in [-0.15, -0.1) is 0 Å². The van der Waals surface area contributed by atoms with Gasteiger partial charge in [-0.25, -0.2) is 0 Å². The first-order valence-corrected chi connectivity index (χ1v) is 4.28. The third-order valence-electron chi connectivity index (χ3n) is 2.67. The van der Waals surface area contributed by atoms with Crippen LogP contribution < -0.4 is 5.32 Å². The molecule has 0 saturated carbocycles. The zero-order chi connectivity index (χ0) is 8.72. The third-order valence-corrected chi connectivity index (χ3v) is 2.67. The quantitative estimate of drug-likeness (QED) is 0.615. The molecule has 0 radical (unpaired) electrons. The fourth-order valence-electron chi connectivity index (χ4n) is 1.78. The summed E-state index contributed by atoms with van der Waals surface area (Å²) in [5, 5.41) is 12.9. The molecule has 0 saturated heterocycles. The second-order valence-electron chi connectivity index (χ2n) is 3.46. The van der Waals surface area contributed by atoms with E-state index in [2.05, 4.69) is 19.2 Å². The molecule has 2 N–H and O–H groups in total. The van der Waals surface area contributed by atoms with E-state index in [-0.39, 0.29) is 0 Å². The predicted molar refractivity (Wildman–Crippen MR) is 49.6 cm³/mol. The molecule has 2 heteroatoms. The van der Waals surface area contributed by atoms with Gasteiger partial charge in [-0.05, 0) is 19.1 Å².